The van der Waals surface area contributed by atoms with Gasteiger partial charge in [0.05, 0.1) is 16.9 Å². The molecule has 0 amide bonds. The maximum Gasteiger partial charge on any atom is 0.458 e. The molecule has 0 saturated carbocycles. The molecule has 0 spiro atoms. The molecule has 1 saturated heterocycles. The van der Waals surface area contributed by atoms with E-state index in [-0.39, 0.29) is 18.3 Å². The van der Waals surface area contributed by atoms with Gasteiger partial charge in [-0.05, 0) is 47.4 Å². The molecule has 5 heteroatoms. The highest BCUT2D eigenvalue weighted by atomic mass is 16.7. The Morgan fingerprint density at radius 3 is 2.12 bits per heavy atom. The Bertz CT molecular complexity index is 260. The van der Waals surface area contributed by atoms with Gasteiger partial charge in [-0.2, -0.15) is 0 Å². The van der Waals surface area contributed by atoms with Crippen LogP contribution in [0.25, 0.3) is 0 Å². The average molecular weight is 227 g/mol. The molecule has 0 N–H and O–H groups in total. The normalized spacial score (nSPS) is 23.6. The number of oxime groups is 1. The standard InChI is InChI=1S/C11H22BNO3/c1-9(13-14-6)7-8-12-15-10(2,3)11(4,5)16-12/h7-8H2,1-6H3/b13-9-. The lowest BCUT2D eigenvalue weighted by molar-refractivity contribution is 0.00578. The van der Waals surface area contributed by atoms with Crippen molar-refractivity contribution < 1.29 is 14.1 Å². The Hall–Kier alpha value is -0.545. The summed E-state index contributed by atoms with van der Waals surface area (Å²) in [5.74, 6) is 0. The molecule has 1 fully saturated rings. The predicted molar refractivity (Wildman–Crippen MR) is 65.6 cm³/mol. The van der Waals surface area contributed by atoms with E-state index in [1.807, 2.05) is 6.92 Å². The van der Waals surface area contributed by atoms with Gasteiger partial charge in [0.15, 0.2) is 0 Å². The van der Waals surface area contributed by atoms with E-state index in [1.54, 1.807) is 7.11 Å². The molecule has 0 atom stereocenters. The summed E-state index contributed by atoms with van der Waals surface area (Å²) in [6, 6.07) is 0. The third-order valence-corrected chi connectivity index (χ3v) is 3.29. The van der Waals surface area contributed by atoms with Crippen LogP contribution in [-0.4, -0.2) is 31.1 Å². The fraction of sp³-hybridized carbons (Fsp3) is 0.909. The fourth-order valence-electron chi connectivity index (χ4n) is 1.61. The average Bonchev–Trinajstić information content (AvgIpc) is 2.33. The molecule has 1 heterocycles. The first-order chi connectivity index (χ1) is 7.28. The molecule has 0 aliphatic carbocycles. The Morgan fingerprint density at radius 1 is 1.19 bits per heavy atom. The van der Waals surface area contributed by atoms with Crippen molar-refractivity contribution in [2.45, 2.75) is 58.6 Å². The summed E-state index contributed by atoms with van der Waals surface area (Å²) < 4.78 is 11.7. The smallest absolute Gasteiger partial charge is 0.403 e. The van der Waals surface area contributed by atoms with E-state index in [2.05, 4.69) is 32.9 Å². The van der Waals surface area contributed by atoms with E-state index in [9.17, 15) is 0 Å². The monoisotopic (exact) mass is 227 g/mol. The topological polar surface area (TPSA) is 40.0 Å². The minimum absolute atomic E-state index is 0.146. The Kier molecular flexibility index (Phi) is 4.02. The van der Waals surface area contributed by atoms with Crippen molar-refractivity contribution in [1.82, 2.24) is 0 Å². The first-order valence-corrected chi connectivity index (χ1v) is 5.71. The fourth-order valence-corrected chi connectivity index (χ4v) is 1.61. The molecule has 0 radical (unpaired) electrons. The van der Waals surface area contributed by atoms with Gasteiger partial charge in [0.2, 0.25) is 0 Å². The van der Waals surface area contributed by atoms with Crippen LogP contribution in [-0.2, 0) is 14.1 Å². The van der Waals surface area contributed by atoms with E-state index < -0.39 is 0 Å². The SMILES string of the molecule is CO/N=C(/C)CCB1OC(C)(C)C(C)(C)O1. The van der Waals surface area contributed by atoms with Gasteiger partial charge in [0.25, 0.3) is 0 Å². The van der Waals surface area contributed by atoms with Crippen molar-refractivity contribution in [2.24, 2.45) is 5.16 Å². The van der Waals surface area contributed by atoms with Crippen LogP contribution in [0.1, 0.15) is 41.0 Å². The third-order valence-electron chi connectivity index (χ3n) is 3.29. The van der Waals surface area contributed by atoms with Crippen LogP contribution >= 0.6 is 0 Å². The number of hydrogen-bond donors (Lipinski definition) is 0. The van der Waals surface area contributed by atoms with Crippen molar-refractivity contribution in [2.75, 3.05) is 7.11 Å². The Balaban J connectivity index is 2.46. The Morgan fingerprint density at radius 2 is 1.69 bits per heavy atom. The maximum absolute atomic E-state index is 5.87. The van der Waals surface area contributed by atoms with Gasteiger partial charge in [-0.15, -0.1) is 0 Å². The summed E-state index contributed by atoms with van der Waals surface area (Å²) in [4.78, 5) is 4.71. The van der Waals surface area contributed by atoms with Gasteiger partial charge in [0, 0.05) is 0 Å². The van der Waals surface area contributed by atoms with Crippen molar-refractivity contribution in [1.29, 1.82) is 0 Å². The summed E-state index contributed by atoms with van der Waals surface area (Å²) in [5, 5.41) is 3.86. The zero-order chi connectivity index (χ0) is 12.4. The second-order valence-corrected chi connectivity index (χ2v) is 5.23. The van der Waals surface area contributed by atoms with Crippen LogP contribution in [0.3, 0.4) is 0 Å². The van der Waals surface area contributed by atoms with Crippen molar-refractivity contribution in [3.8, 4) is 0 Å². The lowest BCUT2D eigenvalue weighted by Gasteiger charge is -2.32. The summed E-state index contributed by atoms with van der Waals surface area (Å²) in [7, 11) is 1.41. The molecule has 0 aromatic heterocycles. The maximum atomic E-state index is 5.87. The van der Waals surface area contributed by atoms with E-state index >= 15 is 0 Å². The summed E-state index contributed by atoms with van der Waals surface area (Å²) in [6.45, 7) is 10.2. The van der Waals surface area contributed by atoms with Gasteiger partial charge in [-0.25, -0.2) is 0 Å². The molecule has 0 unspecified atom stereocenters. The van der Waals surface area contributed by atoms with Gasteiger partial charge in [-0.1, -0.05) is 5.16 Å². The molecule has 0 aromatic rings. The van der Waals surface area contributed by atoms with Gasteiger partial charge < -0.3 is 14.1 Å². The van der Waals surface area contributed by atoms with Crippen LogP contribution in [0.4, 0.5) is 0 Å². The van der Waals surface area contributed by atoms with Crippen molar-refractivity contribution in [3.05, 3.63) is 0 Å². The third kappa shape index (κ3) is 2.98. The van der Waals surface area contributed by atoms with Crippen molar-refractivity contribution >= 4 is 12.8 Å². The zero-order valence-corrected chi connectivity index (χ0v) is 11.2. The highest BCUT2D eigenvalue weighted by molar-refractivity contribution is 6.45. The predicted octanol–water partition coefficient (Wildman–Crippen LogP) is 2.49. The minimum atomic E-state index is -0.246. The van der Waals surface area contributed by atoms with Crippen LogP contribution in [0.5, 0.6) is 0 Å². The molecular weight excluding hydrogens is 205 g/mol. The molecule has 16 heavy (non-hydrogen) atoms. The highest BCUT2D eigenvalue weighted by Gasteiger charge is 2.50. The Labute approximate surface area is 98.5 Å². The lowest BCUT2D eigenvalue weighted by Crippen LogP contribution is -2.41. The molecule has 0 aromatic carbocycles. The zero-order valence-electron chi connectivity index (χ0n) is 11.2. The van der Waals surface area contributed by atoms with E-state index in [4.69, 9.17) is 14.1 Å². The van der Waals surface area contributed by atoms with E-state index in [0.29, 0.717) is 0 Å². The highest BCUT2D eigenvalue weighted by Crippen LogP contribution is 2.37. The molecule has 92 valence electrons. The molecule has 1 aliphatic heterocycles. The molecule has 4 nitrogen and oxygen atoms in total. The van der Waals surface area contributed by atoms with E-state index in [1.165, 1.54) is 0 Å². The summed E-state index contributed by atoms with van der Waals surface area (Å²) in [6.07, 6.45) is 1.64. The second-order valence-electron chi connectivity index (χ2n) is 5.23. The van der Waals surface area contributed by atoms with Gasteiger partial charge in [-0.3, -0.25) is 0 Å². The number of nitrogens with zero attached hydrogens (tertiary/aromatic N) is 1. The minimum Gasteiger partial charge on any atom is -0.403 e. The van der Waals surface area contributed by atoms with Crippen LogP contribution in [0, 0.1) is 0 Å². The number of hydrogen-bond acceptors (Lipinski definition) is 4. The molecule has 1 aliphatic rings. The van der Waals surface area contributed by atoms with Crippen LogP contribution in [0.2, 0.25) is 6.32 Å². The largest absolute Gasteiger partial charge is 0.458 e. The molecule has 0 bridgehead atoms. The lowest BCUT2D eigenvalue weighted by atomic mass is 9.82. The first kappa shape index (κ1) is 13.5. The van der Waals surface area contributed by atoms with Gasteiger partial charge in [0.1, 0.15) is 7.11 Å². The molecule has 1 rings (SSSR count). The molecular formula is C11H22BNO3. The summed E-state index contributed by atoms with van der Waals surface area (Å²) in [5.41, 5.74) is 0.464. The second kappa shape index (κ2) is 4.76. The quantitative estimate of drug-likeness (QED) is 0.420. The van der Waals surface area contributed by atoms with Crippen LogP contribution < -0.4 is 0 Å². The van der Waals surface area contributed by atoms with E-state index in [0.717, 1.165) is 18.5 Å². The van der Waals surface area contributed by atoms with Crippen molar-refractivity contribution in [3.63, 3.8) is 0 Å². The van der Waals surface area contributed by atoms with Gasteiger partial charge >= 0.3 is 7.12 Å². The van der Waals surface area contributed by atoms with Crippen LogP contribution in [0.15, 0.2) is 5.16 Å². The number of rotatable bonds is 4. The summed E-state index contributed by atoms with van der Waals surface area (Å²) >= 11 is 0. The first-order valence-electron chi connectivity index (χ1n) is 5.71.